The van der Waals surface area contributed by atoms with E-state index in [0.29, 0.717) is 24.9 Å². The number of nitrogens with zero attached hydrogens (tertiary/aromatic N) is 5. The van der Waals surface area contributed by atoms with Crippen molar-refractivity contribution in [1.29, 1.82) is 0 Å². The van der Waals surface area contributed by atoms with E-state index in [0.717, 1.165) is 35.2 Å². The van der Waals surface area contributed by atoms with Gasteiger partial charge in [-0.1, -0.05) is 12.1 Å². The Morgan fingerprint density at radius 2 is 2.03 bits per heavy atom. The molecule has 1 aromatic carbocycles. The van der Waals surface area contributed by atoms with Gasteiger partial charge in [0.15, 0.2) is 0 Å². The van der Waals surface area contributed by atoms with E-state index in [1.165, 1.54) is 18.7 Å². The van der Waals surface area contributed by atoms with Crippen LogP contribution in [0.3, 0.4) is 0 Å². The Hall–Kier alpha value is -2.64. The first-order valence-corrected chi connectivity index (χ1v) is 9.77. The summed E-state index contributed by atoms with van der Waals surface area (Å²) in [5.41, 5.74) is 3.03. The molecule has 0 amide bonds. The molecular weight excluding hydrogens is 423 g/mol. The van der Waals surface area contributed by atoms with Crippen LogP contribution in [0.25, 0.3) is 16.3 Å². The summed E-state index contributed by atoms with van der Waals surface area (Å²) in [7, 11) is 0. The second-order valence-electron chi connectivity index (χ2n) is 7.29. The van der Waals surface area contributed by atoms with E-state index in [1.54, 1.807) is 17.2 Å². The Labute approximate surface area is 186 Å². The van der Waals surface area contributed by atoms with Gasteiger partial charge in [0.2, 0.25) is 0 Å². The fourth-order valence-corrected chi connectivity index (χ4v) is 4.00. The Kier molecular flexibility index (Phi) is 6.95. The number of nitrogens with one attached hydrogen (secondary N) is 1. The topological polar surface area (TPSA) is 77.1 Å². The summed E-state index contributed by atoms with van der Waals surface area (Å²) in [6.45, 7) is 2.18. The molecule has 2 aliphatic heterocycles. The average Bonchev–Trinajstić information content (AvgIpc) is 3.17. The number of benzene rings is 1. The lowest BCUT2D eigenvalue weighted by Crippen LogP contribution is -2.24. The zero-order valence-electron chi connectivity index (χ0n) is 16.5. The molecule has 0 bridgehead atoms. The molecule has 158 valence electrons. The lowest BCUT2D eigenvalue weighted by Gasteiger charge is -2.12. The number of halogens is 2. The van der Waals surface area contributed by atoms with Crippen molar-refractivity contribution in [3.8, 4) is 0 Å². The molecule has 0 fully saturated rings. The van der Waals surface area contributed by atoms with Crippen molar-refractivity contribution in [3.63, 3.8) is 0 Å². The zero-order chi connectivity index (χ0) is 18.9. The molecule has 0 unspecified atom stereocenters. The Morgan fingerprint density at radius 3 is 2.83 bits per heavy atom. The number of aryl methyl sites for hydroxylation is 4. The monoisotopic (exact) mass is 446 g/mol. The van der Waals surface area contributed by atoms with Crippen LogP contribution in [0, 0.1) is 0 Å². The summed E-state index contributed by atoms with van der Waals surface area (Å²) >= 11 is 0. The molecule has 0 radical (unpaired) electrons. The number of fused-ring (bicyclic) bond motifs is 2. The van der Waals surface area contributed by atoms with Crippen LogP contribution in [-0.2, 0) is 25.9 Å². The van der Waals surface area contributed by atoms with Gasteiger partial charge in [-0.25, -0.2) is 9.67 Å². The zero-order valence-corrected chi connectivity index (χ0v) is 18.1. The molecule has 5 rings (SSSR count). The minimum absolute atomic E-state index is 0. The summed E-state index contributed by atoms with van der Waals surface area (Å²) in [5, 5.41) is 9.01. The van der Waals surface area contributed by atoms with Crippen LogP contribution in [0.4, 0.5) is 0 Å². The van der Waals surface area contributed by atoms with E-state index in [-0.39, 0.29) is 30.4 Å². The van der Waals surface area contributed by atoms with E-state index in [4.69, 9.17) is 4.98 Å². The Bertz CT molecular complexity index is 1140. The molecule has 2 aliphatic rings. The van der Waals surface area contributed by atoms with Crippen LogP contribution in [0.2, 0.25) is 0 Å². The summed E-state index contributed by atoms with van der Waals surface area (Å²) < 4.78 is 3.80. The summed E-state index contributed by atoms with van der Waals surface area (Å²) in [5.74, 6) is 1.17. The van der Waals surface area contributed by atoms with E-state index >= 15 is 0 Å². The van der Waals surface area contributed by atoms with Gasteiger partial charge in [0.05, 0.1) is 36.7 Å². The van der Waals surface area contributed by atoms with Crippen molar-refractivity contribution in [3.05, 3.63) is 64.2 Å². The number of hydrogen-bond acceptors (Lipinski definition) is 5. The minimum Gasteiger partial charge on any atom is -0.353 e. The second kappa shape index (κ2) is 9.45. The highest BCUT2D eigenvalue weighted by Gasteiger charge is 2.14. The Balaban J connectivity index is 0.00000128. The third-order valence-electron chi connectivity index (χ3n) is 5.47. The largest absolute Gasteiger partial charge is 0.353 e. The Morgan fingerprint density at radius 1 is 1.13 bits per heavy atom. The van der Waals surface area contributed by atoms with Crippen molar-refractivity contribution in [2.75, 3.05) is 6.54 Å². The van der Waals surface area contributed by atoms with Crippen LogP contribution >= 0.6 is 24.8 Å². The second-order valence-corrected chi connectivity index (χ2v) is 7.29. The number of imidazole rings is 1. The number of rotatable bonds is 4. The van der Waals surface area contributed by atoms with E-state index < -0.39 is 0 Å². The first-order valence-electron chi connectivity index (χ1n) is 9.77. The van der Waals surface area contributed by atoms with Crippen LogP contribution in [0.1, 0.15) is 29.9 Å². The standard InChI is InChI=1S/C21H22N6O.2ClH/c28-21-18-5-3-4-17(15-10-22-14-23-11-15)19(18)12-24-27(21)9-7-16-13-26-8-2-1-6-20(26)25-16;;/h3-5,10,12-14H,1-2,6-9,11H2,(H,22,23);2*1H. The van der Waals surface area contributed by atoms with Crippen LogP contribution in [0.15, 0.2) is 46.6 Å². The molecule has 0 spiro atoms. The lowest BCUT2D eigenvalue weighted by molar-refractivity contribution is 0.522. The molecule has 2 aromatic heterocycles. The van der Waals surface area contributed by atoms with Gasteiger partial charge in [0.1, 0.15) is 5.82 Å². The van der Waals surface area contributed by atoms with Crippen LogP contribution in [0.5, 0.6) is 0 Å². The average molecular weight is 447 g/mol. The third kappa shape index (κ3) is 4.13. The maximum atomic E-state index is 13.0. The summed E-state index contributed by atoms with van der Waals surface area (Å²) in [4.78, 5) is 22.0. The van der Waals surface area contributed by atoms with Gasteiger partial charge in [0.25, 0.3) is 5.56 Å². The van der Waals surface area contributed by atoms with Gasteiger partial charge >= 0.3 is 0 Å². The predicted molar refractivity (Wildman–Crippen MR) is 124 cm³/mol. The summed E-state index contributed by atoms with van der Waals surface area (Å²) in [6.07, 6.45) is 11.7. The maximum Gasteiger partial charge on any atom is 0.274 e. The molecule has 0 atom stereocenters. The predicted octanol–water partition coefficient (Wildman–Crippen LogP) is 2.99. The highest BCUT2D eigenvalue weighted by atomic mass is 35.5. The molecule has 4 heterocycles. The van der Waals surface area contributed by atoms with Crippen molar-refractivity contribution in [1.82, 2.24) is 24.6 Å². The van der Waals surface area contributed by atoms with E-state index in [2.05, 4.69) is 26.2 Å². The highest BCUT2D eigenvalue weighted by Crippen LogP contribution is 2.23. The molecule has 0 saturated carbocycles. The molecule has 3 aromatic rings. The van der Waals surface area contributed by atoms with Crippen LogP contribution < -0.4 is 10.9 Å². The molecule has 1 N–H and O–H groups in total. The molecule has 30 heavy (non-hydrogen) atoms. The number of aliphatic imine (C=N–C) groups is 1. The van der Waals surface area contributed by atoms with Gasteiger partial charge < -0.3 is 9.88 Å². The van der Waals surface area contributed by atoms with Gasteiger partial charge in [-0.3, -0.25) is 9.79 Å². The molecule has 0 aliphatic carbocycles. The molecule has 7 nitrogen and oxygen atoms in total. The van der Waals surface area contributed by atoms with Gasteiger partial charge in [-0.05, 0) is 30.0 Å². The fourth-order valence-electron chi connectivity index (χ4n) is 4.00. The maximum absolute atomic E-state index is 13.0. The fraction of sp³-hybridized carbons (Fsp3) is 0.333. The van der Waals surface area contributed by atoms with Crippen molar-refractivity contribution in [2.24, 2.45) is 4.99 Å². The van der Waals surface area contributed by atoms with Crippen molar-refractivity contribution < 1.29 is 0 Å². The van der Waals surface area contributed by atoms with Gasteiger partial charge in [-0.2, -0.15) is 5.10 Å². The van der Waals surface area contributed by atoms with E-state index in [9.17, 15) is 4.79 Å². The van der Waals surface area contributed by atoms with Gasteiger partial charge in [0, 0.05) is 37.2 Å². The SMILES string of the molecule is Cl.Cl.O=c1c2cccc(C3=CNC=NC3)c2cnn1CCc1cn2c(n1)CCCC2. The third-order valence-corrected chi connectivity index (χ3v) is 5.47. The van der Waals surface area contributed by atoms with Crippen LogP contribution in [-0.4, -0.2) is 32.2 Å². The van der Waals surface area contributed by atoms with E-state index in [1.807, 2.05) is 24.4 Å². The van der Waals surface area contributed by atoms with Crippen molar-refractivity contribution in [2.45, 2.75) is 38.8 Å². The first-order chi connectivity index (χ1) is 13.8. The number of hydrogen-bond donors (Lipinski definition) is 1. The van der Waals surface area contributed by atoms with Gasteiger partial charge in [-0.15, -0.1) is 24.8 Å². The minimum atomic E-state index is -0.0591. The molecular formula is C21H24Cl2N6O. The molecule has 9 heteroatoms. The van der Waals surface area contributed by atoms with Crippen molar-refractivity contribution >= 4 is 47.5 Å². The first kappa shape index (κ1) is 22.1. The smallest absolute Gasteiger partial charge is 0.274 e. The lowest BCUT2D eigenvalue weighted by atomic mass is 10.0. The summed E-state index contributed by atoms with van der Waals surface area (Å²) in [6, 6.07) is 5.80. The molecule has 0 saturated heterocycles. The highest BCUT2D eigenvalue weighted by molar-refractivity contribution is 5.94. The quantitative estimate of drug-likeness (QED) is 0.667. The normalized spacial score (nSPS) is 14.9. The number of aromatic nitrogens is 4.